The quantitative estimate of drug-likeness (QED) is 0.776. The maximum atomic E-state index is 10.8. The topological polar surface area (TPSA) is 67.2 Å². The molecule has 0 aliphatic carbocycles. The van der Waals surface area contributed by atoms with Gasteiger partial charge < -0.3 is 10.4 Å². The summed E-state index contributed by atoms with van der Waals surface area (Å²) >= 11 is 0. The molecule has 0 radical (unpaired) electrons. The Hall–Kier alpha value is -1.52. The van der Waals surface area contributed by atoms with Gasteiger partial charge in [-0.15, -0.1) is 0 Å². The van der Waals surface area contributed by atoms with Gasteiger partial charge in [-0.2, -0.15) is 5.10 Å². The van der Waals surface area contributed by atoms with Crippen LogP contribution in [0.3, 0.4) is 0 Å². The number of nitrogens with one attached hydrogen (secondary N) is 1. The number of aromatic carboxylic acids is 1. The summed E-state index contributed by atoms with van der Waals surface area (Å²) < 4.78 is 1.80. The average molecular weight is 209 g/mol. The lowest BCUT2D eigenvalue weighted by molar-refractivity contribution is 0.0688. The SMILES string of the molecule is CCC1C(C)CNc2cc(C(=O)O)nn21. The number of hydrogen-bond acceptors (Lipinski definition) is 3. The monoisotopic (exact) mass is 209 g/mol. The average Bonchev–Trinajstić information content (AvgIpc) is 2.61. The number of aromatic nitrogens is 2. The number of carboxylic acids is 1. The molecule has 0 aromatic carbocycles. The van der Waals surface area contributed by atoms with E-state index in [4.69, 9.17) is 5.11 Å². The Labute approximate surface area is 88.1 Å². The second-order valence-corrected chi connectivity index (χ2v) is 4.00. The zero-order valence-electron chi connectivity index (χ0n) is 8.90. The Bertz CT molecular complexity index is 386. The van der Waals surface area contributed by atoms with Crippen molar-refractivity contribution in [3.05, 3.63) is 11.8 Å². The molecule has 2 heterocycles. The highest BCUT2D eigenvalue weighted by Gasteiger charge is 2.27. The van der Waals surface area contributed by atoms with Crippen LogP contribution in [0.25, 0.3) is 0 Å². The molecule has 0 fully saturated rings. The predicted molar refractivity (Wildman–Crippen MR) is 56.2 cm³/mol. The minimum Gasteiger partial charge on any atom is -0.476 e. The lowest BCUT2D eigenvalue weighted by atomic mass is 9.98. The first-order valence-electron chi connectivity index (χ1n) is 5.20. The van der Waals surface area contributed by atoms with Crippen LogP contribution in [0, 0.1) is 5.92 Å². The summed E-state index contributed by atoms with van der Waals surface area (Å²) in [5.41, 5.74) is 0.116. The number of rotatable bonds is 2. The molecule has 0 amide bonds. The summed E-state index contributed by atoms with van der Waals surface area (Å²) in [5.74, 6) is 0.322. The van der Waals surface area contributed by atoms with Crippen LogP contribution in [0.2, 0.25) is 0 Å². The Morgan fingerprint density at radius 2 is 2.53 bits per heavy atom. The van der Waals surface area contributed by atoms with Crippen molar-refractivity contribution in [1.29, 1.82) is 0 Å². The van der Waals surface area contributed by atoms with Gasteiger partial charge in [-0.1, -0.05) is 13.8 Å². The van der Waals surface area contributed by atoms with Crippen molar-refractivity contribution in [3.63, 3.8) is 0 Å². The first-order valence-corrected chi connectivity index (χ1v) is 5.20. The van der Waals surface area contributed by atoms with Crippen molar-refractivity contribution < 1.29 is 9.90 Å². The van der Waals surface area contributed by atoms with E-state index in [1.54, 1.807) is 10.7 Å². The minimum absolute atomic E-state index is 0.116. The van der Waals surface area contributed by atoms with E-state index in [2.05, 4.69) is 24.3 Å². The maximum absolute atomic E-state index is 10.8. The fourth-order valence-electron chi connectivity index (χ4n) is 2.10. The molecule has 2 rings (SSSR count). The summed E-state index contributed by atoms with van der Waals surface area (Å²) in [7, 11) is 0. The first kappa shape index (κ1) is 10.0. The van der Waals surface area contributed by atoms with E-state index in [0.29, 0.717) is 12.0 Å². The molecule has 1 aliphatic heterocycles. The molecular weight excluding hydrogens is 194 g/mol. The lowest BCUT2D eigenvalue weighted by Crippen LogP contribution is -2.30. The minimum atomic E-state index is -0.971. The molecule has 5 heteroatoms. The van der Waals surface area contributed by atoms with Crippen LogP contribution >= 0.6 is 0 Å². The molecule has 1 aromatic heterocycles. The molecule has 1 aliphatic rings. The largest absolute Gasteiger partial charge is 0.476 e. The van der Waals surface area contributed by atoms with Gasteiger partial charge in [0.15, 0.2) is 5.69 Å². The normalized spacial score (nSPS) is 24.4. The first-order chi connectivity index (χ1) is 7.13. The third-order valence-electron chi connectivity index (χ3n) is 2.95. The van der Waals surface area contributed by atoms with Gasteiger partial charge >= 0.3 is 5.97 Å². The number of fused-ring (bicyclic) bond motifs is 1. The molecule has 1 aromatic rings. The van der Waals surface area contributed by atoms with Gasteiger partial charge in [0, 0.05) is 12.6 Å². The summed E-state index contributed by atoms with van der Waals surface area (Å²) in [5, 5.41) is 16.2. The smallest absolute Gasteiger partial charge is 0.356 e. The van der Waals surface area contributed by atoms with Crippen LogP contribution in [-0.4, -0.2) is 27.4 Å². The zero-order valence-corrected chi connectivity index (χ0v) is 8.90. The van der Waals surface area contributed by atoms with E-state index in [-0.39, 0.29) is 5.69 Å². The summed E-state index contributed by atoms with van der Waals surface area (Å²) in [6.07, 6.45) is 0.969. The molecule has 5 nitrogen and oxygen atoms in total. The van der Waals surface area contributed by atoms with E-state index in [1.165, 1.54) is 0 Å². The summed E-state index contributed by atoms with van der Waals surface area (Å²) in [4.78, 5) is 10.8. The van der Waals surface area contributed by atoms with Gasteiger partial charge in [0.1, 0.15) is 5.82 Å². The third-order valence-corrected chi connectivity index (χ3v) is 2.95. The Morgan fingerprint density at radius 3 is 3.13 bits per heavy atom. The van der Waals surface area contributed by atoms with Crippen molar-refractivity contribution in [2.24, 2.45) is 5.92 Å². The van der Waals surface area contributed by atoms with Crippen molar-refractivity contribution in [2.75, 3.05) is 11.9 Å². The van der Waals surface area contributed by atoms with Crippen molar-refractivity contribution in [1.82, 2.24) is 9.78 Å². The number of carbonyl (C=O) groups is 1. The second-order valence-electron chi connectivity index (χ2n) is 4.00. The summed E-state index contributed by atoms with van der Waals surface area (Å²) in [6.45, 7) is 5.12. The molecule has 2 N–H and O–H groups in total. The van der Waals surface area contributed by atoms with Crippen molar-refractivity contribution >= 4 is 11.8 Å². The van der Waals surface area contributed by atoms with E-state index in [9.17, 15) is 4.79 Å². The van der Waals surface area contributed by atoms with Gasteiger partial charge in [0.25, 0.3) is 0 Å². The maximum Gasteiger partial charge on any atom is 0.356 e. The molecule has 0 saturated carbocycles. The number of nitrogens with zero attached hydrogens (tertiary/aromatic N) is 2. The summed E-state index contributed by atoms with van der Waals surface area (Å²) in [6, 6.07) is 1.89. The Morgan fingerprint density at radius 1 is 1.80 bits per heavy atom. The lowest BCUT2D eigenvalue weighted by Gasteiger charge is -2.30. The molecular formula is C10H15N3O2. The Balaban J connectivity index is 2.40. The van der Waals surface area contributed by atoms with Crippen molar-refractivity contribution in [3.8, 4) is 0 Å². The highest BCUT2D eigenvalue weighted by Crippen LogP contribution is 2.30. The van der Waals surface area contributed by atoms with Crippen molar-refractivity contribution in [2.45, 2.75) is 26.3 Å². The van der Waals surface area contributed by atoms with Crippen LogP contribution in [0.1, 0.15) is 36.8 Å². The number of anilines is 1. The molecule has 0 saturated heterocycles. The highest BCUT2D eigenvalue weighted by atomic mass is 16.4. The van der Waals surface area contributed by atoms with E-state index in [0.717, 1.165) is 18.8 Å². The molecule has 15 heavy (non-hydrogen) atoms. The zero-order chi connectivity index (χ0) is 11.0. The van der Waals surface area contributed by atoms with Gasteiger partial charge in [0.2, 0.25) is 0 Å². The number of hydrogen-bond donors (Lipinski definition) is 2. The van der Waals surface area contributed by atoms with E-state index in [1.807, 2.05) is 0 Å². The standard InChI is InChI=1S/C10H15N3O2/c1-3-8-6(2)5-11-9-4-7(10(14)15)12-13(8)9/h4,6,8,11H,3,5H2,1-2H3,(H,14,15). The fraction of sp³-hybridized carbons (Fsp3) is 0.600. The highest BCUT2D eigenvalue weighted by molar-refractivity contribution is 5.86. The van der Waals surface area contributed by atoms with Crippen LogP contribution in [-0.2, 0) is 0 Å². The van der Waals surface area contributed by atoms with Crippen LogP contribution in [0.5, 0.6) is 0 Å². The van der Waals surface area contributed by atoms with Gasteiger partial charge in [0.05, 0.1) is 6.04 Å². The third kappa shape index (κ3) is 1.58. The van der Waals surface area contributed by atoms with Crippen LogP contribution in [0.4, 0.5) is 5.82 Å². The van der Waals surface area contributed by atoms with E-state index >= 15 is 0 Å². The van der Waals surface area contributed by atoms with E-state index < -0.39 is 5.97 Å². The predicted octanol–water partition coefficient (Wildman–Crippen LogP) is 1.59. The molecule has 2 atom stereocenters. The molecule has 0 spiro atoms. The Kier molecular flexibility index (Phi) is 2.38. The van der Waals surface area contributed by atoms with Crippen LogP contribution in [0.15, 0.2) is 6.07 Å². The fourth-order valence-corrected chi connectivity index (χ4v) is 2.10. The molecule has 0 bridgehead atoms. The molecule has 82 valence electrons. The van der Waals surface area contributed by atoms with Gasteiger partial charge in [-0.25, -0.2) is 9.48 Å². The van der Waals surface area contributed by atoms with Gasteiger partial charge in [-0.05, 0) is 12.3 Å². The molecule has 2 unspecified atom stereocenters. The van der Waals surface area contributed by atoms with Crippen LogP contribution < -0.4 is 5.32 Å². The second kappa shape index (κ2) is 3.56. The van der Waals surface area contributed by atoms with Gasteiger partial charge in [-0.3, -0.25) is 0 Å². The number of carboxylic acid groups (broad SMARTS) is 1.